The van der Waals surface area contributed by atoms with E-state index < -0.39 is 47.2 Å². The Morgan fingerprint density at radius 3 is 1.91 bits per heavy atom. The van der Waals surface area contributed by atoms with E-state index in [4.69, 9.17) is 28.3 Å². The molecule has 0 saturated carbocycles. The van der Waals surface area contributed by atoms with E-state index in [-0.39, 0.29) is 31.6 Å². The molecule has 0 aliphatic heterocycles. The number of benzene rings is 2. The molecule has 14 heteroatoms. The van der Waals surface area contributed by atoms with Gasteiger partial charge in [0.05, 0.1) is 11.5 Å². The summed E-state index contributed by atoms with van der Waals surface area (Å²) in [5.41, 5.74) is 23.1. The van der Waals surface area contributed by atoms with Crippen molar-refractivity contribution in [2.24, 2.45) is 22.9 Å². The van der Waals surface area contributed by atoms with Crippen molar-refractivity contribution in [2.45, 2.75) is 68.5 Å². The molecule has 0 saturated heterocycles. The van der Waals surface area contributed by atoms with Crippen molar-refractivity contribution in [3.8, 4) is 0 Å². The predicted molar refractivity (Wildman–Crippen MR) is 173 cm³/mol. The van der Waals surface area contributed by atoms with Gasteiger partial charge in [-0.1, -0.05) is 67.1 Å². The number of hydrogen-bond donors (Lipinski definition) is 9. The molecule has 13 nitrogen and oxygen atoms in total. The van der Waals surface area contributed by atoms with E-state index in [1.165, 1.54) is 0 Å². The quantitative estimate of drug-likeness (QED) is 0.0377. The summed E-state index contributed by atoms with van der Waals surface area (Å²) in [6, 6.07) is 15.3. The van der Waals surface area contributed by atoms with Crippen LogP contribution in [-0.2, 0) is 32.0 Å². The van der Waals surface area contributed by atoms with Gasteiger partial charge in [-0.2, -0.15) is 0 Å². The summed E-state index contributed by atoms with van der Waals surface area (Å²) in [4.78, 5) is 52.7. The first-order chi connectivity index (χ1) is 20.9. The number of nitrogens with two attached hydrogens (primary N) is 4. The largest absolute Gasteiger partial charge is 0.370 e. The van der Waals surface area contributed by atoms with Crippen molar-refractivity contribution in [2.75, 3.05) is 13.1 Å². The fourth-order valence-electron chi connectivity index (χ4n) is 4.60. The molecule has 2 aromatic carbocycles. The molecule has 4 atom stereocenters. The zero-order valence-electron chi connectivity index (χ0n) is 25.3. The lowest BCUT2D eigenvalue weighted by Crippen LogP contribution is -2.63. The molecule has 4 amide bonds. The lowest BCUT2D eigenvalue weighted by Gasteiger charge is -2.31. The van der Waals surface area contributed by atoms with Crippen LogP contribution in [0.4, 0.5) is 0 Å². The highest BCUT2D eigenvalue weighted by Crippen LogP contribution is 2.13. The number of rotatable bonds is 19. The monoisotopic (exact) mass is 607 g/mol. The van der Waals surface area contributed by atoms with Gasteiger partial charge in [0.2, 0.25) is 23.6 Å². The lowest BCUT2D eigenvalue weighted by atomic mass is 9.73. The van der Waals surface area contributed by atoms with Crippen LogP contribution in [0.5, 0.6) is 0 Å². The van der Waals surface area contributed by atoms with Crippen LogP contribution >= 0.6 is 0 Å². The molecule has 238 valence electrons. The lowest BCUT2D eigenvalue weighted by molar-refractivity contribution is -0.134. The van der Waals surface area contributed by atoms with Crippen LogP contribution in [0.1, 0.15) is 43.2 Å². The maximum Gasteiger partial charge on any atom is 0.243 e. The van der Waals surface area contributed by atoms with Gasteiger partial charge in [0.1, 0.15) is 19.9 Å². The molecule has 0 heterocycles. The number of primary amides is 1. The Hall–Kier alpha value is -4.43. The van der Waals surface area contributed by atoms with Crippen molar-refractivity contribution >= 4 is 37.4 Å². The van der Waals surface area contributed by atoms with Gasteiger partial charge in [-0.25, -0.2) is 0 Å². The van der Waals surface area contributed by atoms with E-state index in [2.05, 4.69) is 21.3 Å². The topological polar surface area (TPSA) is 244 Å². The second-order valence-electron chi connectivity index (χ2n) is 11.0. The van der Waals surface area contributed by atoms with Crippen LogP contribution in [0.2, 0.25) is 0 Å². The predicted octanol–water partition coefficient (Wildman–Crippen LogP) is -1.91. The molecule has 0 spiro atoms. The number of nitrogens with one attached hydrogen (secondary N) is 5. The van der Waals surface area contributed by atoms with Crippen LogP contribution in [-0.4, -0.2) is 74.1 Å². The van der Waals surface area contributed by atoms with Gasteiger partial charge >= 0.3 is 0 Å². The highest BCUT2D eigenvalue weighted by atomic mass is 16.2. The second-order valence-corrected chi connectivity index (χ2v) is 11.0. The number of unbranched alkanes of at least 4 members (excludes halogenated alkanes) is 1. The molecule has 0 aromatic heterocycles. The highest BCUT2D eigenvalue weighted by molar-refractivity contribution is 6.29. The van der Waals surface area contributed by atoms with Crippen LogP contribution in [0.25, 0.3) is 0 Å². The number of amides is 4. The molecule has 0 aliphatic carbocycles. The van der Waals surface area contributed by atoms with Crippen molar-refractivity contribution in [1.29, 1.82) is 5.41 Å². The summed E-state index contributed by atoms with van der Waals surface area (Å²) in [7, 11) is 1.55. The van der Waals surface area contributed by atoms with Gasteiger partial charge in [0, 0.05) is 13.0 Å². The molecule has 2 aromatic rings. The van der Waals surface area contributed by atoms with Crippen LogP contribution < -0.4 is 44.2 Å². The summed E-state index contributed by atoms with van der Waals surface area (Å²) < 4.78 is 0. The SMILES string of the molecule is B[C@@](CCCCN)(NC(=O)[C@H](Cc1ccccc1)NC(=O)[C@@H](CCCNC(=N)N)NC(=O)[C@@H](N)Cc1ccccc1)C(N)=O. The Kier molecular flexibility index (Phi) is 14.9. The zero-order valence-corrected chi connectivity index (χ0v) is 25.3. The molecule has 0 unspecified atom stereocenters. The third-order valence-electron chi connectivity index (χ3n) is 7.24. The second kappa shape index (κ2) is 18.3. The van der Waals surface area contributed by atoms with Crippen molar-refractivity contribution < 1.29 is 19.2 Å². The van der Waals surface area contributed by atoms with E-state index in [1.54, 1.807) is 7.85 Å². The van der Waals surface area contributed by atoms with Crippen LogP contribution in [0.3, 0.4) is 0 Å². The Balaban J connectivity index is 2.25. The minimum atomic E-state index is -1.36. The average molecular weight is 608 g/mol. The van der Waals surface area contributed by atoms with Crippen molar-refractivity contribution in [3.05, 3.63) is 71.8 Å². The van der Waals surface area contributed by atoms with Gasteiger partial charge in [-0.3, -0.25) is 24.6 Å². The summed E-state index contributed by atoms with van der Waals surface area (Å²) >= 11 is 0. The van der Waals surface area contributed by atoms with E-state index in [0.29, 0.717) is 32.4 Å². The first-order valence-corrected chi connectivity index (χ1v) is 14.8. The summed E-state index contributed by atoms with van der Waals surface area (Å²) in [5.74, 6) is -2.65. The van der Waals surface area contributed by atoms with Crippen LogP contribution in [0.15, 0.2) is 60.7 Å². The third-order valence-corrected chi connectivity index (χ3v) is 7.24. The normalized spacial score (nSPS) is 14.2. The summed E-state index contributed by atoms with van der Waals surface area (Å²) in [6.07, 6.45) is 2.43. The fraction of sp³-hybridized carbons (Fsp3) is 0.433. The number of guanidine groups is 1. The number of carbonyl (C=O) groups excluding carboxylic acids is 4. The maximum absolute atomic E-state index is 13.7. The van der Waals surface area contributed by atoms with E-state index >= 15 is 0 Å². The molecule has 0 aliphatic rings. The molecule has 0 bridgehead atoms. The summed E-state index contributed by atoms with van der Waals surface area (Å²) in [6.45, 7) is 0.721. The first-order valence-electron chi connectivity index (χ1n) is 14.8. The molecule has 13 N–H and O–H groups in total. The van der Waals surface area contributed by atoms with Crippen molar-refractivity contribution in [1.82, 2.24) is 21.3 Å². The molecule has 0 radical (unpaired) electrons. The minimum absolute atomic E-state index is 0.121. The summed E-state index contributed by atoms with van der Waals surface area (Å²) in [5, 5.41) is 18.3. The van der Waals surface area contributed by atoms with Gasteiger partial charge in [-0.05, 0) is 49.8 Å². The molecular formula is C30H46BN9O4. The van der Waals surface area contributed by atoms with E-state index in [1.807, 2.05) is 60.7 Å². The highest BCUT2D eigenvalue weighted by Gasteiger charge is 2.36. The maximum atomic E-state index is 13.7. The Morgan fingerprint density at radius 2 is 1.36 bits per heavy atom. The van der Waals surface area contributed by atoms with Crippen LogP contribution in [0, 0.1) is 5.41 Å². The third kappa shape index (κ3) is 12.4. The molecule has 2 rings (SSSR count). The Bertz CT molecular complexity index is 1240. The Labute approximate surface area is 259 Å². The smallest absolute Gasteiger partial charge is 0.243 e. The number of hydrogen-bond acceptors (Lipinski definition) is 7. The number of carbonyl (C=O) groups is 4. The minimum Gasteiger partial charge on any atom is -0.370 e. The Morgan fingerprint density at radius 1 is 0.795 bits per heavy atom. The van der Waals surface area contributed by atoms with Gasteiger partial charge in [0.25, 0.3) is 0 Å². The fourth-order valence-corrected chi connectivity index (χ4v) is 4.60. The first kappa shape index (κ1) is 35.8. The molecular weight excluding hydrogens is 561 g/mol. The van der Waals surface area contributed by atoms with Gasteiger partial charge < -0.3 is 44.2 Å². The van der Waals surface area contributed by atoms with E-state index in [9.17, 15) is 19.2 Å². The average Bonchev–Trinajstić information content (AvgIpc) is 2.99. The van der Waals surface area contributed by atoms with E-state index in [0.717, 1.165) is 11.1 Å². The van der Waals surface area contributed by atoms with Gasteiger partial charge in [-0.15, -0.1) is 0 Å². The van der Waals surface area contributed by atoms with Gasteiger partial charge in [0.15, 0.2) is 5.96 Å². The molecule has 44 heavy (non-hydrogen) atoms. The standard InChI is InChI=1S/C30H46BN9O4/c31-30(28(34)44,15-7-8-16-32)40-27(43)24(19-21-12-5-2-6-13-21)39-26(42)23(14-9-17-37-29(35)36)38-25(41)22(33)18-20-10-3-1-4-11-20/h1-6,10-13,22-24H,7-9,14-19,31-33H2,(H2,34,44)(H,38,41)(H,39,42)(H,40,43)(H4,35,36,37)/t22-,23+,24-,30-/m0/s1. The molecule has 0 fully saturated rings. The van der Waals surface area contributed by atoms with Crippen molar-refractivity contribution in [3.63, 3.8) is 0 Å². The zero-order chi connectivity index (χ0) is 32.5.